The first-order valence-corrected chi connectivity index (χ1v) is 9.03. The second-order valence-corrected chi connectivity index (χ2v) is 7.38. The lowest BCUT2D eigenvalue weighted by Gasteiger charge is -2.37. The number of fused-ring (bicyclic) bond motifs is 2. The lowest BCUT2D eigenvalue weighted by molar-refractivity contribution is -0.154. The van der Waals surface area contributed by atoms with Gasteiger partial charge in [-0.15, -0.1) is 0 Å². The van der Waals surface area contributed by atoms with Gasteiger partial charge in [-0.3, -0.25) is 0 Å². The highest BCUT2D eigenvalue weighted by atomic mass is 16.6. The van der Waals surface area contributed by atoms with Gasteiger partial charge in [0, 0.05) is 12.3 Å². The first-order chi connectivity index (χ1) is 13.4. The Kier molecular flexibility index (Phi) is 4.34. The maximum Gasteiger partial charge on any atom is 0.338 e. The predicted molar refractivity (Wildman–Crippen MR) is 98.9 cm³/mol. The van der Waals surface area contributed by atoms with Crippen LogP contribution in [0.15, 0.2) is 36.4 Å². The van der Waals surface area contributed by atoms with Crippen molar-refractivity contribution in [1.82, 2.24) is 0 Å². The van der Waals surface area contributed by atoms with Gasteiger partial charge in [0.1, 0.15) is 6.10 Å². The third-order valence-corrected chi connectivity index (χ3v) is 5.79. The van der Waals surface area contributed by atoms with Crippen molar-refractivity contribution in [3.05, 3.63) is 47.5 Å². The number of methoxy groups -OCH3 is 2. The zero-order valence-corrected chi connectivity index (χ0v) is 15.6. The minimum atomic E-state index is -1.53. The lowest BCUT2D eigenvalue weighted by Crippen LogP contribution is -2.41. The van der Waals surface area contributed by atoms with Crippen LogP contribution in [0, 0.1) is 0 Å². The van der Waals surface area contributed by atoms with E-state index in [2.05, 4.69) is 0 Å². The second-order valence-electron chi connectivity index (χ2n) is 7.38. The lowest BCUT2D eigenvalue weighted by atomic mass is 9.66. The summed E-state index contributed by atoms with van der Waals surface area (Å²) < 4.78 is 16.0. The topological polar surface area (TPSA) is 105 Å². The normalized spacial score (nSPS) is 28.7. The van der Waals surface area contributed by atoms with Crippen molar-refractivity contribution < 1.29 is 34.3 Å². The summed E-state index contributed by atoms with van der Waals surface area (Å²) in [5.74, 6) is -0.457. The van der Waals surface area contributed by atoms with E-state index in [1.807, 2.05) is 0 Å². The van der Waals surface area contributed by atoms with E-state index in [-0.39, 0.29) is 36.2 Å². The molecule has 2 bridgehead atoms. The molecule has 0 radical (unpaired) electrons. The van der Waals surface area contributed by atoms with Crippen LogP contribution < -0.4 is 9.47 Å². The molecule has 0 unspecified atom stereocenters. The Morgan fingerprint density at radius 3 is 2.14 bits per heavy atom. The van der Waals surface area contributed by atoms with Gasteiger partial charge < -0.3 is 29.5 Å². The van der Waals surface area contributed by atoms with E-state index < -0.39 is 17.7 Å². The van der Waals surface area contributed by atoms with Gasteiger partial charge >= 0.3 is 5.97 Å². The molecular weight excluding hydrogens is 364 g/mol. The first-order valence-electron chi connectivity index (χ1n) is 9.03. The third-order valence-electron chi connectivity index (χ3n) is 5.79. The van der Waals surface area contributed by atoms with E-state index >= 15 is 0 Å². The number of carbonyl (C=O) groups is 1. The van der Waals surface area contributed by atoms with Gasteiger partial charge in [-0.1, -0.05) is 12.1 Å². The smallest absolute Gasteiger partial charge is 0.338 e. The van der Waals surface area contributed by atoms with E-state index in [9.17, 15) is 20.1 Å². The third kappa shape index (κ3) is 2.82. The van der Waals surface area contributed by atoms with Gasteiger partial charge in [0.25, 0.3) is 0 Å². The summed E-state index contributed by atoms with van der Waals surface area (Å²) in [4.78, 5) is 12.3. The van der Waals surface area contributed by atoms with E-state index in [0.29, 0.717) is 11.5 Å². The van der Waals surface area contributed by atoms with Crippen molar-refractivity contribution in [2.45, 2.75) is 36.4 Å². The van der Waals surface area contributed by atoms with Crippen LogP contribution in [0.5, 0.6) is 23.0 Å². The molecule has 0 spiro atoms. The number of phenols is 2. The van der Waals surface area contributed by atoms with Crippen molar-refractivity contribution >= 4 is 5.97 Å². The van der Waals surface area contributed by atoms with Crippen LogP contribution >= 0.6 is 0 Å². The Labute approximate surface area is 162 Å². The van der Waals surface area contributed by atoms with Crippen LogP contribution in [-0.4, -0.2) is 47.2 Å². The molecule has 4 rings (SSSR count). The molecule has 2 aliphatic rings. The number of ether oxygens (including phenoxy) is 3. The SMILES string of the molecule is COc1cc([C@@H]2[C@@H]3C[C@](O)(C[C@@H]2c2ccc(O)c(OC)c2)C(=O)O3)ccc1O. The molecule has 1 saturated heterocycles. The molecule has 148 valence electrons. The van der Waals surface area contributed by atoms with Crippen LogP contribution in [0.25, 0.3) is 0 Å². The number of benzene rings is 2. The largest absolute Gasteiger partial charge is 0.504 e. The van der Waals surface area contributed by atoms with E-state index in [1.54, 1.807) is 30.3 Å². The van der Waals surface area contributed by atoms with Gasteiger partial charge in [-0.2, -0.15) is 0 Å². The van der Waals surface area contributed by atoms with Crippen molar-refractivity contribution in [3.8, 4) is 23.0 Å². The molecule has 7 heteroatoms. The minimum Gasteiger partial charge on any atom is -0.504 e. The van der Waals surface area contributed by atoms with Crippen molar-refractivity contribution in [1.29, 1.82) is 0 Å². The van der Waals surface area contributed by atoms with Gasteiger partial charge in [0.15, 0.2) is 28.6 Å². The van der Waals surface area contributed by atoms with Crippen molar-refractivity contribution in [3.63, 3.8) is 0 Å². The summed E-state index contributed by atoms with van der Waals surface area (Å²) in [7, 11) is 2.93. The number of rotatable bonds is 4. The second kappa shape index (κ2) is 6.60. The molecular formula is C21H22O7. The Morgan fingerprint density at radius 1 is 0.964 bits per heavy atom. The summed E-state index contributed by atoms with van der Waals surface area (Å²) in [6.45, 7) is 0. The molecule has 1 aliphatic heterocycles. The molecule has 3 N–H and O–H groups in total. The van der Waals surface area contributed by atoms with E-state index in [1.165, 1.54) is 20.3 Å². The Bertz CT molecular complexity index is 925. The quantitative estimate of drug-likeness (QED) is 0.693. The van der Waals surface area contributed by atoms with E-state index in [0.717, 1.165) is 11.1 Å². The minimum absolute atomic E-state index is 0.0129. The fourth-order valence-corrected chi connectivity index (χ4v) is 4.42. The van der Waals surface area contributed by atoms with Crippen LogP contribution in [-0.2, 0) is 9.53 Å². The maximum atomic E-state index is 12.3. The molecule has 0 aromatic heterocycles. The molecule has 2 aromatic carbocycles. The van der Waals surface area contributed by atoms with E-state index in [4.69, 9.17) is 14.2 Å². The first kappa shape index (κ1) is 18.4. The van der Waals surface area contributed by atoms with Gasteiger partial charge in [0.2, 0.25) is 0 Å². The van der Waals surface area contributed by atoms with Crippen LogP contribution in [0.3, 0.4) is 0 Å². The number of hydrogen-bond donors (Lipinski definition) is 3. The zero-order valence-electron chi connectivity index (χ0n) is 15.6. The molecule has 1 heterocycles. The number of phenolic OH excluding ortho intramolecular Hbond substituents is 2. The molecule has 4 atom stereocenters. The summed E-state index contributed by atoms with van der Waals surface area (Å²) >= 11 is 0. The van der Waals surface area contributed by atoms with Gasteiger partial charge in [-0.05, 0) is 47.7 Å². The van der Waals surface area contributed by atoms with Crippen molar-refractivity contribution in [2.24, 2.45) is 0 Å². The van der Waals surface area contributed by atoms with Gasteiger partial charge in [0.05, 0.1) is 14.2 Å². The highest BCUT2D eigenvalue weighted by Gasteiger charge is 2.58. The molecule has 2 aromatic rings. The monoisotopic (exact) mass is 386 g/mol. The van der Waals surface area contributed by atoms with Crippen LogP contribution in [0.4, 0.5) is 0 Å². The fraction of sp³-hybridized carbons (Fsp3) is 0.381. The standard InChI is InChI=1S/C21H22O7/c1-26-16-7-11(3-5-14(16)22)13-9-21(25)10-18(28-20(21)24)19(13)12-4-6-15(23)17(8-12)27-2/h3-8,13,18-19,22-23,25H,9-10H2,1-2H3/t13-,18+,19+,21-/m1/s1. The highest BCUT2D eigenvalue weighted by Crippen LogP contribution is 2.54. The maximum absolute atomic E-state index is 12.3. The van der Waals surface area contributed by atoms with Gasteiger partial charge in [-0.25, -0.2) is 4.79 Å². The molecule has 2 fully saturated rings. The summed E-state index contributed by atoms with van der Waals surface area (Å²) in [6.07, 6.45) is -0.111. The molecule has 7 nitrogen and oxygen atoms in total. The highest BCUT2D eigenvalue weighted by molar-refractivity contribution is 5.82. The number of aliphatic hydroxyl groups is 1. The average Bonchev–Trinajstić information content (AvgIpc) is 2.91. The fourth-order valence-electron chi connectivity index (χ4n) is 4.42. The molecule has 28 heavy (non-hydrogen) atoms. The van der Waals surface area contributed by atoms with Crippen LogP contribution in [0.1, 0.15) is 35.8 Å². The Balaban J connectivity index is 1.82. The molecule has 1 saturated carbocycles. The Morgan fingerprint density at radius 2 is 1.54 bits per heavy atom. The number of hydrogen-bond acceptors (Lipinski definition) is 7. The number of aromatic hydroxyl groups is 2. The van der Waals surface area contributed by atoms with Crippen LogP contribution in [0.2, 0.25) is 0 Å². The summed E-state index contributed by atoms with van der Waals surface area (Å²) in [6, 6.07) is 10.0. The zero-order chi connectivity index (χ0) is 20.1. The number of esters is 1. The van der Waals surface area contributed by atoms with Crippen molar-refractivity contribution in [2.75, 3.05) is 14.2 Å². The molecule has 1 aliphatic carbocycles. The Hall–Kier alpha value is -2.93. The number of carbonyl (C=O) groups excluding carboxylic acids is 1. The summed E-state index contributed by atoms with van der Waals surface area (Å²) in [5, 5.41) is 30.7. The molecule has 0 amide bonds. The summed E-state index contributed by atoms with van der Waals surface area (Å²) in [5.41, 5.74) is 0.111. The predicted octanol–water partition coefficient (Wildman–Crippen LogP) is 2.43. The average molecular weight is 386 g/mol.